The van der Waals surface area contributed by atoms with Crippen molar-refractivity contribution in [2.45, 2.75) is 12.8 Å². The summed E-state index contributed by atoms with van der Waals surface area (Å²) in [6.07, 6.45) is 2.15. The van der Waals surface area contributed by atoms with Gasteiger partial charge in [0.25, 0.3) is 0 Å². The molecule has 0 saturated carbocycles. The largest absolute Gasteiger partial charge is 0.481 e. The Labute approximate surface area is 87.3 Å². The van der Waals surface area contributed by atoms with Gasteiger partial charge in [-0.15, -0.1) is 0 Å². The van der Waals surface area contributed by atoms with Crippen molar-refractivity contribution in [3.63, 3.8) is 0 Å². The molecule has 0 unspecified atom stereocenters. The molecule has 1 heterocycles. The fourth-order valence-corrected chi connectivity index (χ4v) is 1.09. The number of aromatic nitrogens is 1. The Balaban J connectivity index is 2.40. The molecule has 0 radical (unpaired) electrons. The Morgan fingerprint density at radius 2 is 2.27 bits per heavy atom. The number of hydrogen-bond donors (Lipinski definition) is 4. The average Bonchev–Trinajstić information content (AvgIpc) is 2.14. The number of aliphatic carboxylic acids is 1. The van der Waals surface area contributed by atoms with Crippen molar-refractivity contribution in [2.24, 2.45) is 0 Å². The molecular formula is C9H14N4O2. The summed E-state index contributed by atoms with van der Waals surface area (Å²) in [5.41, 5.74) is 12.1. The second kappa shape index (κ2) is 5.04. The molecule has 0 atom stereocenters. The van der Waals surface area contributed by atoms with Gasteiger partial charge in [-0.1, -0.05) is 0 Å². The fraction of sp³-hybridized carbons (Fsp3) is 0.333. The van der Waals surface area contributed by atoms with Crippen LogP contribution in [0.5, 0.6) is 0 Å². The normalized spacial score (nSPS) is 9.87. The predicted molar refractivity (Wildman–Crippen MR) is 58.4 cm³/mol. The van der Waals surface area contributed by atoms with Gasteiger partial charge in [0.15, 0.2) is 0 Å². The molecule has 0 amide bonds. The molecule has 82 valence electrons. The Morgan fingerprint density at radius 3 is 2.87 bits per heavy atom. The van der Waals surface area contributed by atoms with E-state index in [0.29, 0.717) is 30.2 Å². The maximum Gasteiger partial charge on any atom is 0.303 e. The van der Waals surface area contributed by atoms with Gasteiger partial charge in [-0.3, -0.25) is 4.79 Å². The first-order valence-corrected chi connectivity index (χ1v) is 4.56. The summed E-state index contributed by atoms with van der Waals surface area (Å²) in [6, 6.07) is 1.60. The van der Waals surface area contributed by atoms with Crippen molar-refractivity contribution < 1.29 is 9.90 Å². The van der Waals surface area contributed by atoms with Crippen molar-refractivity contribution in [3.8, 4) is 0 Å². The van der Waals surface area contributed by atoms with Gasteiger partial charge in [0.1, 0.15) is 5.82 Å². The van der Waals surface area contributed by atoms with Crippen LogP contribution in [0.25, 0.3) is 0 Å². The Kier molecular flexibility index (Phi) is 3.73. The van der Waals surface area contributed by atoms with Crippen LogP contribution in [-0.4, -0.2) is 22.6 Å². The molecule has 1 rings (SSSR count). The molecule has 1 aromatic rings. The van der Waals surface area contributed by atoms with E-state index in [4.69, 9.17) is 16.6 Å². The van der Waals surface area contributed by atoms with Gasteiger partial charge in [0.05, 0.1) is 17.6 Å². The second-order valence-electron chi connectivity index (χ2n) is 3.13. The molecule has 15 heavy (non-hydrogen) atoms. The van der Waals surface area contributed by atoms with Crippen molar-refractivity contribution in [2.75, 3.05) is 23.3 Å². The van der Waals surface area contributed by atoms with Crippen LogP contribution in [-0.2, 0) is 4.79 Å². The maximum atomic E-state index is 10.2. The SMILES string of the molecule is Nc1cnc(NCCCC(=O)O)c(N)c1. The number of nitrogens with two attached hydrogens (primary N) is 2. The van der Waals surface area contributed by atoms with Crippen LogP contribution in [0.2, 0.25) is 0 Å². The molecule has 0 saturated heterocycles. The van der Waals surface area contributed by atoms with E-state index in [1.807, 2.05) is 0 Å². The van der Waals surface area contributed by atoms with Gasteiger partial charge in [0, 0.05) is 13.0 Å². The first-order valence-electron chi connectivity index (χ1n) is 4.56. The molecular weight excluding hydrogens is 196 g/mol. The number of carboxylic acids is 1. The first-order chi connectivity index (χ1) is 7.09. The molecule has 0 fully saturated rings. The van der Waals surface area contributed by atoms with Gasteiger partial charge in [0.2, 0.25) is 0 Å². The monoisotopic (exact) mass is 210 g/mol. The van der Waals surface area contributed by atoms with E-state index in [1.165, 1.54) is 6.20 Å². The third kappa shape index (κ3) is 3.72. The van der Waals surface area contributed by atoms with E-state index >= 15 is 0 Å². The molecule has 6 N–H and O–H groups in total. The average molecular weight is 210 g/mol. The molecule has 0 aliphatic rings. The Bertz CT molecular complexity index is 354. The first kappa shape index (κ1) is 11.1. The lowest BCUT2D eigenvalue weighted by Gasteiger charge is -2.07. The Hall–Kier alpha value is -1.98. The summed E-state index contributed by atoms with van der Waals surface area (Å²) in [4.78, 5) is 14.2. The zero-order chi connectivity index (χ0) is 11.3. The van der Waals surface area contributed by atoms with Crippen LogP contribution in [0.15, 0.2) is 12.3 Å². The lowest BCUT2D eigenvalue weighted by Crippen LogP contribution is -2.08. The standard InChI is InChI=1S/C9H14N4O2/c10-6-4-7(11)9(13-5-6)12-3-1-2-8(14)15/h4-5H,1-3,10-11H2,(H,12,13)(H,14,15). The molecule has 0 bridgehead atoms. The molecule has 6 heteroatoms. The zero-order valence-electron chi connectivity index (χ0n) is 8.23. The van der Waals surface area contributed by atoms with Crippen LogP contribution >= 0.6 is 0 Å². The summed E-state index contributed by atoms with van der Waals surface area (Å²) in [5.74, 6) is -0.273. The van der Waals surface area contributed by atoms with Crippen LogP contribution in [0.3, 0.4) is 0 Å². The van der Waals surface area contributed by atoms with Gasteiger partial charge >= 0.3 is 5.97 Å². The lowest BCUT2D eigenvalue weighted by molar-refractivity contribution is -0.137. The van der Waals surface area contributed by atoms with E-state index in [1.54, 1.807) is 6.07 Å². The number of nitrogens with zero attached hydrogens (tertiary/aromatic N) is 1. The summed E-state index contributed by atoms with van der Waals surface area (Å²) >= 11 is 0. The quantitative estimate of drug-likeness (QED) is 0.527. The highest BCUT2D eigenvalue weighted by molar-refractivity contribution is 5.67. The number of pyridine rings is 1. The van der Waals surface area contributed by atoms with Crippen LogP contribution in [0.4, 0.5) is 17.2 Å². The zero-order valence-corrected chi connectivity index (χ0v) is 8.23. The summed E-state index contributed by atoms with van der Waals surface area (Å²) in [7, 11) is 0. The molecule has 1 aromatic heterocycles. The number of nitrogens with one attached hydrogen (secondary N) is 1. The van der Waals surface area contributed by atoms with Crippen LogP contribution in [0.1, 0.15) is 12.8 Å². The van der Waals surface area contributed by atoms with Gasteiger partial charge in [-0.05, 0) is 12.5 Å². The van der Waals surface area contributed by atoms with Gasteiger partial charge < -0.3 is 21.9 Å². The Morgan fingerprint density at radius 1 is 1.53 bits per heavy atom. The van der Waals surface area contributed by atoms with Gasteiger partial charge in [-0.2, -0.15) is 0 Å². The topological polar surface area (TPSA) is 114 Å². The third-order valence-corrected chi connectivity index (χ3v) is 1.80. The number of anilines is 3. The minimum Gasteiger partial charge on any atom is -0.481 e. The minimum atomic E-state index is -0.810. The van der Waals surface area contributed by atoms with Crippen molar-refractivity contribution in [1.82, 2.24) is 4.98 Å². The summed E-state index contributed by atoms with van der Waals surface area (Å²) in [5, 5.41) is 11.4. The predicted octanol–water partition coefficient (Wildman–Crippen LogP) is 0.523. The molecule has 0 spiro atoms. The number of carbonyl (C=O) groups is 1. The van der Waals surface area contributed by atoms with Gasteiger partial charge in [-0.25, -0.2) is 4.98 Å². The molecule has 0 aromatic carbocycles. The highest BCUT2D eigenvalue weighted by Gasteiger charge is 2.01. The smallest absolute Gasteiger partial charge is 0.303 e. The third-order valence-electron chi connectivity index (χ3n) is 1.80. The molecule has 0 aliphatic carbocycles. The van der Waals surface area contributed by atoms with E-state index < -0.39 is 5.97 Å². The number of rotatable bonds is 5. The fourth-order valence-electron chi connectivity index (χ4n) is 1.09. The second-order valence-corrected chi connectivity index (χ2v) is 3.13. The van der Waals surface area contributed by atoms with Crippen molar-refractivity contribution >= 4 is 23.2 Å². The van der Waals surface area contributed by atoms with E-state index in [2.05, 4.69) is 10.3 Å². The minimum absolute atomic E-state index is 0.127. The van der Waals surface area contributed by atoms with Crippen molar-refractivity contribution in [3.05, 3.63) is 12.3 Å². The molecule has 6 nitrogen and oxygen atoms in total. The number of carboxylic acid groups (broad SMARTS) is 1. The summed E-state index contributed by atoms with van der Waals surface area (Å²) < 4.78 is 0. The highest BCUT2D eigenvalue weighted by atomic mass is 16.4. The van der Waals surface area contributed by atoms with Crippen molar-refractivity contribution in [1.29, 1.82) is 0 Å². The molecule has 0 aliphatic heterocycles. The maximum absolute atomic E-state index is 10.2. The van der Waals surface area contributed by atoms with Crippen LogP contribution in [0, 0.1) is 0 Å². The summed E-state index contributed by atoms with van der Waals surface area (Å²) in [6.45, 7) is 0.521. The highest BCUT2D eigenvalue weighted by Crippen LogP contribution is 2.17. The van der Waals surface area contributed by atoms with Crippen LogP contribution < -0.4 is 16.8 Å². The number of hydrogen-bond acceptors (Lipinski definition) is 5. The van der Waals surface area contributed by atoms with E-state index in [-0.39, 0.29) is 6.42 Å². The lowest BCUT2D eigenvalue weighted by atomic mass is 10.3. The van der Waals surface area contributed by atoms with E-state index in [9.17, 15) is 4.79 Å². The van der Waals surface area contributed by atoms with E-state index in [0.717, 1.165) is 0 Å². The number of nitrogen functional groups attached to an aromatic ring is 2.